The van der Waals surface area contributed by atoms with Gasteiger partial charge in [-0.15, -0.1) is 0 Å². The molecule has 0 aliphatic heterocycles. The quantitative estimate of drug-likeness (QED) is 0.780. The first-order valence-corrected chi connectivity index (χ1v) is 9.15. The Bertz CT molecular complexity index is 468. The minimum atomic E-state index is -0.705. The molecule has 1 unspecified atom stereocenters. The Morgan fingerprint density at radius 1 is 1.26 bits per heavy atom. The van der Waals surface area contributed by atoms with Gasteiger partial charge in [-0.1, -0.05) is 38.3 Å². The van der Waals surface area contributed by atoms with E-state index < -0.39 is 17.8 Å². The zero-order chi connectivity index (χ0) is 16.6. The highest BCUT2D eigenvalue weighted by molar-refractivity contribution is 5.96. The summed E-state index contributed by atoms with van der Waals surface area (Å²) >= 11 is 0. The molecule has 0 aromatic rings. The smallest absolute Gasteiger partial charge is 0.168 e. The van der Waals surface area contributed by atoms with Gasteiger partial charge < -0.3 is 14.9 Å². The number of aliphatic hydroxyl groups excluding tert-OH is 2. The van der Waals surface area contributed by atoms with Crippen LogP contribution in [0, 0.1) is 23.7 Å². The third kappa shape index (κ3) is 2.79. The van der Waals surface area contributed by atoms with Crippen LogP contribution in [0.2, 0.25) is 0 Å². The molecule has 0 heterocycles. The number of hydrogen-bond donors (Lipinski definition) is 2. The van der Waals surface area contributed by atoms with Gasteiger partial charge in [-0.2, -0.15) is 0 Å². The molecule has 3 aliphatic rings. The second-order valence-corrected chi connectivity index (χ2v) is 7.73. The van der Waals surface area contributed by atoms with Crippen molar-refractivity contribution in [1.82, 2.24) is 0 Å². The van der Waals surface area contributed by atoms with Crippen LogP contribution in [0.3, 0.4) is 0 Å². The first kappa shape index (κ1) is 17.1. The molecule has 3 aliphatic carbocycles. The molecule has 0 aromatic heterocycles. The van der Waals surface area contributed by atoms with Crippen LogP contribution in [0.15, 0.2) is 12.2 Å². The normalized spacial score (nSPS) is 43.2. The molecule has 3 saturated carbocycles. The van der Waals surface area contributed by atoms with E-state index in [4.69, 9.17) is 4.74 Å². The lowest BCUT2D eigenvalue weighted by atomic mass is 9.50. The number of rotatable bonds is 4. The standard InChI is InChI=1S/C19H30O4/c1-12-17-14(8-9-15(20)13-6-4-3-5-7-13)16(21)10-11-19(17,23-2)18(12)22/h8-9,12-17,20-21H,3-7,10-11H2,1-2H3/b9-8+/t12?,14-,15-,16+,17+,19+/m1/s1. The van der Waals surface area contributed by atoms with Crippen molar-refractivity contribution in [2.75, 3.05) is 7.11 Å². The summed E-state index contributed by atoms with van der Waals surface area (Å²) in [6, 6.07) is 0. The predicted octanol–water partition coefficient (Wildman–Crippen LogP) is 2.47. The lowest BCUT2D eigenvalue weighted by Crippen LogP contribution is -2.69. The van der Waals surface area contributed by atoms with Gasteiger partial charge in [-0.3, -0.25) is 4.79 Å². The summed E-state index contributed by atoms with van der Waals surface area (Å²) in [5.74, 6) is 0.357. The molecule has 0 bridgehead atoms. The Balaban J connectivity index is 1.72. The SMILES string of the molecule is CO[C@@]12CC[C@H](O)[C@@H](/C=C/[C@@H](O)C3CCCCC3)[C@@H]1C(C)C2=O. The van der Waals surface area contributed by atoms with Gasteiger partial charge in [0.25, 0.3) is 0 Å². The van der Waals surface area contributed by atoms with Crippen molar-refractivity contribution in [3.8, 4) is 0 Å². The van der Waals surface area contributed by atoms with Crippen LogP contribution >= 0.6 is 0 Å². The van der Waals surface area contributed by atoms with Gasteiger partial charge >= 0.3 is 0 Å². The Kier molecular flexibility index (Phi) is 4.96. The van der Waals surface area contributed by atoms with E-state index in [0.717, 1.165) is 12.8 Å². The van der Waals surface area contributed by atoms with E-state index >= 15 is 0 Å². The Hall–Kier alpha value is -0.710. The van der Waals surface area contributed by atoms with Crippen molar-refractivity contribution < 1.29 is 19.7 Å². The van der Waals surface area contributed by atoms with E-state index in [0.29, 0.717) is 18.8 Å². The first-order valence-electron chi connectivity index (χ1n) is 9.15. The average molecular weight is 322 g/mol. The van der Waals surface area contributed by atoms with Crippen molar-refractivity contribution in [3.05, 3.63) is 12.2 Å². The van der Waals surface area contributed by atoms with Crippen LogP contribution < -0.4 is 0 Å². The molecule has 3 rings (SSSR count). The molecule has 6 atom stereocenters. The Morgan fingerprint density at radius 2 is 1.96 bits per heavy atom. The summed E-state index contributed by atoms with van der Waals surface area (Å²) in [6.45, 7) is 1.93. The minimum absolute atomic E-state index is 0.0264. The molecule has 0 saturated heterocycles. The van der Waals surface area contributed by atoms with Crippen LogP contribution in [0.1, 0.15) is 51.9 Å². The maximum Gasteiger partial charge on any atom is 0.168 e. The number of carbonyl (C=O) groups excluding carboxylic acids is 1. The molecule has 3 fully saturated rings. The summed E-state index contributed by atoms with van der Waals surface area (Å²) in [6.07, 6.45) is 9.96. The average Bonchev–Trinajstić information content (AvgIpc) is 2.60. The summed E-state index contributed by atoms with van der Waals surface area (Å²) < 4.78 is 5.61. The second kappa shape index (κ2) is 6.66. The molecular formula is C19H30O4. The van der Waals surface area contributed by atoms with Gasteiger partial charge in [-0.05, 0) is 31.6 Å². The van der Waals surface area contributed by atoms with Crippen LogP contribution in [0.25, 0.3) is 0 Å². The number of fused-ring (bicyclic) bond motifs is 1. The summed E-state index contributed by atoms with van der Waals surface area (Å²) in [7, 11) is 1.60. The number of Topliss-reactive ketones (excluding diaryl/α,β-unsaturated/α-hetero) is 1. The lowest BCUT2D eigenvalue weighted by Gasteiger charge is -2.57. The fraction of sp³-hybridized carbons (Fsp3) is 0.842. The molecule has 0 aromatic carbocycles. The molecule has 0 radical (unpaired) electrons. The molecule has 2 N–H and O–H groups in total. The fourth-order valence-electron chi connectivity index (χ4n) is 5.21. The summed E-state index contributed by atoms with van der Waals surface area (Å²) in [5, 5.41) is 20.9. The van der Waals surface area contributed by atoms with Crippen molar-refractivity contribution in [1.29, 1.82) is 0 Å². The monoisotopic (exact) mass is 322 g/mol. The van der Waals surface area contributed by atoms with Gasteiger partial charge in [0.2, 0.25) is 0 Å². The predicted molar refractivity (Wildman–Crippen MR) is 87.9 cm³/mol. The highest BCUT2D eigenvalue weighted by Gasteiger charge is 2.65. The van der Waals surface area contributed by atoms with E-state index in [1.807, 2.05) is 19.1 Å². The summed E-state index contributed by atoms with van der Waals surface area (Å²) in [5.41, 5.74) is -0.705. The number of ether oxygens (including phenoxy) is 1. The Labute approximate surface area is 138 Å². The van der Waals surface area contributed by atoms with Gasteiger partial charge in [0.05, 0.1) is 12.2 Å². The van der Waals surface area contributed by atoms with Crippen molar-refractivity contribution >= 4 is 5.78 Å². The molecule has 130 valence electrons. The van der Waals surface area contributed by atoms with Crippen molar-refractivity contribution in [3.63, 3.8) is 0 Å². The van der Waals surface area contributed by atoms with Crippen LogP contribution in [-0.2, 0) is 9.53 Å². The van der Waals surface area contributed by atoms with Crippen LogP contribution in [0.4, 0.5) is 0 Å². The van der Waals surface area contributed by atoms with E-state index in [9.17, 15) is 15.0 Å². The van der Waals surface area contributed by atoms with E-state index in [1.54, 1.807) is 7.11 Å². The zero-order valence-electron chi connectivity index (χ0n) is 14.3. The van der Waals surface area contributed by atoms with Gasteiger partial charge in [0.15, 0.2) is 5.78 Å². The van der Waals surface area contributed by atoms with Gasteiger partial charge in [0.1, 0.15) is 5.60 Å². The third-order valence-corrected chi connectivity index (χ3v) is 6.61. The maximum absolute atomic E-state index is 12.3. The highest BCUT2D eigenvalue weighted by Crippen LogP contribution is 2.54. The number of aliphatic hydroxyl groups is 2. The Morgan fingerprint density at radius 3 is 2.61 bits per heavy atom. The number of carbonyl (C=O) groups is 1. The summed E-state index contributed by atoms with van der Waals surface area (Å²) in [4.78, 5) is 12.3. The van der Waals surface area contributed by atoms with Crippen LogP contribution in [0.5, 0.6) is 0 Å². The minimum Gasteiger partial charge on any atom is -0.393 e. The van der Waals surface area contributed by atoms with Crippen LogP contribution in [-0.4, -0.2) is 40.9 Å². The third-order valence-electron chi connectivity index (χ3n) is 6.61. The first-order chi connectivity index (χ1) is 11.0. The topological polar surface area (TPSA) is 66.8 Å². The molecule has 23 heavy (non-hydrogen) atoms. The van der Waals surface area contributed by atoms with Gasteiger partial charge in [-0.25, -0.2) is 0 Å². The lowest BCUT2D eigenvalue weighted by molar-refractivity contribution is -0.206. The van der Waals surface area contributed by atoms with E-state index in [2.05, 4.69) is 0 Å². The molecule has 0 amide bonds. The fourth-order valence-corrected chi connectivity index (χ4v) is 5.21. The molecular weight excluding hydrogens is 292 g/mol. The van der Waals surface area contributed by atoms with Crippen molar-refractivity contribution in [2.45, 2.75) is 69.7 Å². The molecule has 0 spiro atoms. The number of methoxy groups -OCH3 is 1. The number of ketones is 1. The zero-order valence-corrected chi connectivity index (χ0v) is 14.3. The van der Waals surface area contributed by atoms with E-state index in [-0.39, 0.29) is 23.5 Å². The second-order valence-electron chi connectivity index (χ2n) is 7.73. The maximum atomic E-state index is 12.3. The molecule has 4 nitrogen and oxygen atoms in total. The van der Waals surface area contributed by atoms with Crippen molar-refractivity contribution in [2.24, 2.45) is 23.7 Å². The molecule has 4 heteroatoms. The largest absolute Gasteiger partial charge is 0.393 e. The van der Waals surface area contributed by atoms with Gasteiger partial charge in [0, 0.05) is 24.9 Å². The number of hydrogen-bond acceptors (Lipinski definition) is 4. The highest BCUT2D eigenvalue weighted by atomic mass is 16.5. The van der Waals surface area contributed by atoms with E-state index in [1.165, 1.54) is 19.3 Å².